The van der Waals surface area contributed by atoms with Crippen molar-refractivity contribution in [2.24, 2.45) is 5.29 Å². The molecule has 0 saturated carbocycles. The van der Waals surface area contributed by atoms with E-state index >= 15 is 0 Å². The summed E-state index contributed by atoms with van der Waals surface area (Å²) in [7, 11) is 0. The number of alkyl halides is 1. The number of carbonyl (C=O) groups is 1. The lowest BCUT2D eigenvalue weighted by molar-refractivity contribution is 0.216. The van der Waals surface area contributed by atoms with Crippen LogP contribution in [0.4, 0.5) is 10.5 Å². The fraction of sp³-hybridized carbons (Fsp3) is 0.200. The average Bonchev–Trinajstić information content (AvgIpc) is 2.36. The van der Waals surface area contributed by atoms with Gasteiger partial charge in [0.05, 0.1) is 17.5 Å². The van der Waals surface area contributed by atoms with Gasteiger partial charge in [0.25, 0.3) is 0 Å². The molecule has 0 saturated heterocycles. The van der Waals surface area contributed by atoms with Crippen LogP contribution in [0.2, 0.25) is 0 Å². The van der Waals surface area contributed by atoms with Crippen molar-refractivity contribution in [3.63, 3.8) is 0 Å². The topological polar surface area (TPSA) is 78.8 Å². The zero-order valence-electron chi connectivity index (χ0n) is 8.72. The van der Waals surface area contributed by atoms with Gasteiger partial charge in [-0.05, 0) is 12.1 Å². The Bertz CT molecular complexity index is 425. The Balaban J connectivity index is 2.79. The zero-order valence-corrected chi connectivity index (χ0v) is 9.48. The molecule has 1 rings (SSSR count). The average molecular weight is 255 g/mol. The number of nitrogens with one attached hydrogen (secondary N) is 1. The standard InChI is InChI=1S/C10H9ClN3O3/c11-5-6-14(13-17)10(16)12-9-4-2-1-3-8(9)7-15/h1-4H,5-6H2,(H,12,16). The lowest BCUT2D eigenvalue weighted by Crippen LogP contribution is -2.31. The second kappa shape index (κ2) is 6.59. The van der Waals surface area contributed by atoms with E-state index in [1.807, 2.05) is 0 Å². The highest BCUT2D eigenvalue weighted by Gasteiger charge is 2.14. The number of anilines is 1. The van der Waals surface area contributed by atoms with Gasteiger partial charge in [0, 0.05) is 11.4 Å². The number of nitroso groups, excluding NO2 is 1. The highest BCUT2D eigenvalue weighted by molar-refractivity contribution is 6.18. The molecule has 0 aliphatic heterocycles. The minimum Gasteiger partial charge on any atom is -0.306 e. The normalized spacial score (nSPS) is 9.47. The molecule has 89 valence electrons. The minimum absolute atomic E-state index is 0.0101. The van der Waals surface area contributed by atoms with Crippen LogP contribution in [-0.2, 0) is 4.79 Å². The van der Waals surface area contributed by atoms with Crippen molar-refractivity contribution in [2.75, 3.05) is 17.7 Å². The van der Waals surface area contributed by atoms with Crippen molar-refractivity contribution < 1.29 is 9.59 Å². The SMILES string of the molecule is O=[C]c1ccccc1NC(=O)N(CCCl)N=O. The van der Waals surface area contributed by atoms with Crippen LogP contribution < -0.4 is 5.32 Å². The van der Waals surface area contributed by atoms with Gasteiger partial charge in [-0.2, -0.15) is 5.01 Å². The first-order valence-corrected chi connectivity index (χ1v) is 5.21. The first-order chi connectivity index (χ1) is 8.22. The number of hydrogen-bond acceptors (Lipinski definition) is 4. The predicted octanol–water partition coefficient (Wildman–Crippen LogP) is 1.90. The third kappa shape index (κ3) is 3.53. The van der Waals surface area contributed by atoms with Crippen LogP contribution in [-0.4, -0.2) is 29.8 Å². The highest BCUT2D eigenvalue weighted by Crippen LogP contribution is 2.13. The number of benzene rings is 1. The van der Waals surface area contributed by atoms with Crippen LogP contribution in [0.15, 0.2) is 29.6 Å². The van der Waals surface area contributed by atoms with Gasteiger partial charge in [0.1, 0.15) is 0 Å². The van der Waals surface area contributed by atoms with Crippen molar-refractivity contribution in [3.05, 3.63) is 34.7 Å². The van der Waals surface area contributed by atoms with E-state index in [-0.39, 0.29) is 23.7 Å². The summed E-state index contributed by atoms with van der Waals surface area (Å²) in [5.74, 6) is 0.0839. The first-order valence-electron chi connectivity index (χ1n) is 4.68. The predicted molar refractivity (Wildman–Crippen MR) is 63.5 cm³/mol. The van der Waals surface area contributed by atoms with Crippen molar-refractivity contribution in [1.29, 1.82) is 0 Å². The molecule has 0 spiro atoms. The lowest BCUT2D eigenvalue weighted by atomic mass is 10.2. The first kappa shape index (κ1) is 13.1. The van der Waals surface area contributed by atoms with E-state index in [0.717, 1.165) is 0 Å². The summed E-state index contributed by atoms with van der Waals surface area (Å²) in [4.78, 5) is 32.5. The van der Waals surface area contributed by atoms with E-state index in [2.05, 4.69) is 10.6 Å². The molecule has 0 fully saturated rings. The molecule has 2 amide bonds. The summed E-state index contributed by atoms with van der Waals surface area (Å²) in [6.07, 6.45) is 1.67. The third-order valence-electron chi connectivity index (χ3n) is 1.91. The Morgan fingerprint density at radius 3 is 2.76 bits per heavy atom. The Labute approximate surface area is 102 Å². The minimum atomic E-state index is -0.747. The summed E-state index contributed by atoms with van der Waals surface area (Å²) in [6, 6.07) is 5.52. The van der Waals surface area contributed by atoms with Gasteiger partial charge < -0.3 is 5.32 Å². The Hall–Kier alpha value is -1.95. The molecule has 1 aromatic carbocycles. The summed E-state index contributed by atoms with van der Waals surface area (Å²) in [6.45, 7) is -0.0101. The molecule has 0 heterocycles. The van der Waals surface area contributed by atoms with Gasteiger partial charge in [0.2, 0.25) is 6.29 Å². The highest BCUT2D eigenvalue weighted by atomic mass is 35.5. The van der Waals surface area contributed by atoms with Gasteiger partial charge in [-0.25, -0.2) is 4.79 Å². The number of urea groups is 1. The fourth-order valence-electron chi connectivity index (χ4n) is 1.12. The monoisotopic (exact) mass is 254 g/mol. The summed E-state index contributed by atoms with van der Waals surface area (Å²) in [5.41, 5.74) is 0.452. The van der Waals surface area contributed by atoms with E-state index in [9.17, 15) is 14.5 Å². The van der Waals surface area contributed by atoms with Crippen LogP contribution in [0, 0.1) is 4.91 Å². The van der Waals surface area contributed by atoms with Crippen molar-refractivity contribution in [1.82, 2.24) is 5.01 Å². The van der Waals surface area contributed by atoms with Gasteiger partial charge in [-0.1, -0.05) is 12.1 Å². The maximum Gasteiger partial charge on any atom is 0.344 e. The van der Waals surface area contributed by atoms with Gasteiger partial charge in [-0.15, -0.1) is 16.5 Å². The Kier molecular flexibility index (Phi) is 5.09. The number of hydrogen-bond donors (Lipinski definition) is 1. The Morgan fingerprint density at radius 2 is 2.18 bits per heavy atom. The molecule has 7 heteroatoms. The van der Waals surface area contributed by atoms with Crippen LogP contribution in [0.3, 0.4) is 0 Å². The number of halogens is 1. The van der Waals surface area contributed by atoms with E-state index < -0.39 is 6.03 Å². The molecule has 0 unspecified atom stereocenters. The number of carbonyl (C=O) groups excluding carboxylic acids is 2. The van der Waals surface area contributed by atoms with Gasteiger partial charge in [0.15, 0.2) is 0 Å². The van der Waals surface area contributed by atoms with E-state index in [1.165, 1.54) is 12.1 Å². The fourth-order valence-corrected chi connectivity index (χ4v) is 1.28. The molecule has 6 nitrogen and oxygen atoms in total. The quantitative estimate of drug-likeness (QED) is 0.495. The molecular weight excluding hydrogens is 246 g/mol. The molecule has 0 aromatic heterocycles. The maximum atomic E-state index is 11.5. The molecule has 0 aliphatic rings. The molecule has 1 aromatic rings. The van der Waals surface area contributed by atoms with Crippen LogP contribution in [0.25, 0.3) is 0 Å². The van der Waals surface area contributed by atoms with Crippen LogP contribution in [0.5, 0.6) is 0 Å². The van der Waals surface area contributed by atoms with Crippen molar-refractivity contribution in [2.45, 2.75) is 0 Å². The van der Waals surface area contributed by atoms with Gasteiger partial charge in [-0.3, -0.25) is 4.79 Å². The zero-order chi connectivity index (χ0) is 12.7. The molecule has 17 heavy (non-hydrogen) atoms. The third-order valence-corrected chi connectivity index (χ3v) is 2.08. The Morgan fingerprint density at radius 1 is 1.47 bits per heavy atom. The van der Waals surface area contributed by atoms with E-state index in [0.29, 0.717) is 5.01 Å². The second-order valence-corrected chi connectivity index (χ2v) is 3.35. The number of rotatable bonds is 5. The lowest BCUT2D eigenvalue weighted by Gasteiger charge is -2.13. The van der Waals surface area contributed by atoms with Gasteiger partial charge >= 0.3 is 6.03 Å². The number of para-hydroxylation sites is 1. The molecular formula is C10H9ClN3O3. The van der Waals surface area contributed by atoms with Crippen molar-refractivity contribution in [3.8, 4) is 0 Å². The van der Waals surface area contributed by atoms with Crippen molar-refractivity contribution >= 4 is 29.6 Å². The largest absolute Gasteiger partial charge is 0.344 e. The summed E-state index contributed by atoms with van der Waals surface area (Å²) >= 11 is 5.40. The second-order valence-electron chi connectivity index (χ2n) is 2.97. The summed E-state index contributed by atoms with van der Waals surface area (Å²) < 4.78 is 0. The van der Waals surface area contributed by atoms with Crippen LogP contribution >= 0.6 is 11.6 Å². The molecule has 0 atom stereocenters. The maximum absolute atomic E-state index is 11.5. The smallest absolute Gasteiger partial charge is 0.306 e. The van der Waals surface area contributed by atoms with E-state index in [4.69, 9.17) is 11.6 Å². The van der Waals surface area contributed by atoms with Crippen LogP contribution in [0.1, 0.15) is 5.56 Å². The molecule has 0 aliphatic carbocycles. The number of nitrogens with zero attached hydrogens (tertiary/aromatic N) is 2. The molecule has 1 radical (unpaired) electrons. The number of amides is 2. The molecule has 0 bridgehead atoms. The summed E-state index contributed by atoms with van der Waals surface area (Å²) in [5, 5.41) is 5.52. The molecule has 1 N–H and O–H groups in total. The van der Waals surface area contributed by atoms with E-state index in [1.54, 1.807) is 18.4 Å².